The summed E-state index contributed by atoms with van der Waals surface area (Å²) in [5.41, 5.74) is 2.06. The van der Waals surface area contributed by atoms with Gasteiger partial charge in [0.15, 0.2) is 22.9 Å². The van der Waals surface area contributed by atoms with Crippen molar-refractivity contribution in [3.8, 4) is 11.5 Å². The van der Waals surface area contributed by atoms with Crippen molar-refractivity contribution in [2.45, 2.75) is 45.1 Å². The summed E-state index contributed by atoms with van der Waals surface area (Å²) in [6, 6.07) is 10.3. The minimum atomic E-state index is -0.307. The molecule has 1 unspecified atom stereocenters. The predicted octanol–water partition coefficient (Wildman–Crippen LogP) is 5.22. The van der Waals surface area contributed by atoms with Crippen molar-refractivity contribution in [3.63, 3.8) is 0 Å². The van der Waals surface area contributed by atoms with Crippen LogP contribution in [0.25, 0.3) is 11.0 Å². The van der Waals surface area contributed by atoms with Gasteiger partial charge in [-0.15, -0.1) is 0 Å². The lowest BCUT2D eigenvalue weighted by molar-refractivity contribution is 0.101. The van der Waals surface area contributed by atoms with Gasteiger partial charge in [0.1, 0.15) is 5.82 Å². The molecule has 4 rings (SSSR count). The Morgan fingerprint density at radius 3 is 2.72 bits per heavy atom. The van der Waals surface area contributed by atoms with Crippen LogP contribution in [0.1, 0.15) is 55.1 Å². The van der Waals surface area contributed by atoms with Crippen LogP contribution in [0, 0.1) is 5.82 Å². The molecule has 2 aromatic carbocycles. The van der Waals surface area contributed by atoms with Crippen LogP contribution in [-0.2, 0) is 0 Å². The van der Waals surface area contributed by atoms with E-state index >= 15 is 0 Å². The predicted molar refractivity (Wildman–Crippen MR) is 120 cm³/mol. The highest BCUT2D eigenvalue weighted by molar-refractivity contribution is 5.94. The van der Waals surface area contributed by atoms with Crippen LogP contribution in [0.15, 0.2) is 40.9 Å². The maximum Gasteiger partial charge on any atom is 0.170 e. The van der Waals surface area contributed by atoms with Gasteiger partial charge in [-0.2, -0.15) is 0 Å². The van der Waals surface area contributed by atoms with Crippen molar-refractivity contribution < 1.29 is 23.2 Å². The number of Topliss-reactive ketones (excluding diaryl/α,β-unsaturated/α-hetero) is 1. The van der Waals surface area contributed by atoms with E-state index in [0.717, 1.165) is 43.4 Å². The minimum absolute atomic E-state index is 0.00217. The first-order valence-electron chi connectivity index (χ1n) is 11.1. The molecule has 1 aromatic heterocycles. The second kappa shape index (κ2) is 9.69. The van der Waals surface area contributed by atoms with Gasteiger partial charge >= 0.3 is 0 Å². The lowest BCUT2D eigenvalue weighted by Gasteiger charge is -2.35. The van der Waals surface area contributed by atoms with Gasteiger partial charge in [0, 0.05) is 29.0 Å². The number of ketones is 1. The number of rotatable bonds is 8. The van der Waals surface area contributed by atoms with Gasteiger partial charge in [0.25, 0.3) is 0 Å². The summed E-state index contributed by atoms with van der Waals surface area (Å²) in [6.07, 6.45) is 2.86. The van der Waals surface area contributed by atoms with Crippen molar-refractivity contribution in [2.24, 2.45) is 0 Å². The average Bonchev–Trinajstić information content (AvgIpc) is 3.22. The van der Waals surface area contributed by atoms with Gasteiger partial charge in [0.2, 0.25) is 0 Å². The van der Waals surface area contributed by atoms with E-state index < -0.39 is 0 Å². The zero-order valence-corrected chi connectivity index (χ0v) is 18.8. The molecule has 7 heteroatoms. The molecule has 0 radical (unpaired) electrons. The summed E-state index contributed by atoms with van der Waals surface area (Å²) in [7, 11) is 1.58. The Bertz CT molecular complexity index is 1090. The molecule has 0 saturated carbocycles. The zero-order valence-electron chi connectivity index (χ0n) is 18.8. The van der Waals surface area contributed by atoms with E-state index in [1.54, 1.807) is 31.4 Å². The number of carbonyl (C=O) groups excluding carboxylic acids is 1. The Kier molecular flexibility index (Phi) is 6.74. The first-order chi connectivity index (χ1) is 15.5. The van der Waals surface area contributed by atoms with Crippen LogP contribution in [0.3, 0.4) is 0 Å². The summed E-state index contributed by atoms with van der Waals surface area (Å²) in [4.78, 5) is 14.0. The highest BCUT2D eigenvalue weighted by atomic mass is 19.1. The summed E-state index contributed by atoms with van der Waals surface area (Å²) in [5.74, 6) is 1.24. The third kappa shape index (κ3) is 4.78. The third-order valence-corrected chi connectivity index (χ3v) is 6.36. The molecule has 0 aliphatic carbocycles. The van der Waals surface area contributed by atoms with Crippen molar-refractivity contribution in [3.05, 3.63) is 53.5 Å². The molecule has 6 nitrogen and oxygen atoms in total. The van der Waals surface area contributed by atoms with Gasteiger partial charge in [-0.1, -0.05) is 5.16 Å². The maximum atomic E-state index is 13.4. The summed E-state index contributed by atoms with van der Waals surface area (Å²) in [6.45, 7) is 6.26. The molecule has 1 aliphatic heterocycles. The van der Waals surface area contributed by atoms with Gasteiger partial charge in [-0.05, 0) is 76.5 Å². The highest BCUT2D eigenvalue weighted by Crippen LogP contribution is 2.34. The van der Waals surface area contributed by atoms with Crippen molar-refractivity contribution in [1.82, 2.24) is 10.1 Å². The van der Waals surface area contributed by atoms with Crippen LogP contribution in [0.4, 0.5) is 4.39 Å². The van der Waals surface area contributed by atoms with E-state index in [9.17, 15) is 9.18 Å². The van der Waals surface area contributed by atoms with Crippen LogP contribution < -0.4 is 9.47 Å². The average molecular weight is 441 g/mol. The quantitative estimate of drug-likeness (QED) is 0.448. The number of methoxy groups -OCH3 is 1. The number of piperidine rings is 1. The van der Waals surface area contributed by atoms with Crippen LogP contribution in [0.2, 0.25) is 0 Å². The summed E-state index contributed by atoms with van der Waals surface area (Å²) < 4.78 is 30.1. The molecule has 0 bridgehead atoms. The van der Waals surface area contributed by atoms with Crippen molar-refractivity contribution in [2.75, 3.05) is 26.8 Å². The number of ether oxygens (including phenoxy) is 2. The maximum absolute atomic E-state index is 13.4. The van der Waals surface area contributed by atoms with Crippen molar-refractivity contribution in [1.29, 1.82) is 0 Å². The number of hydrogen-bond donors (Lipinski definition) is 0. The number of aromatic nitrogens is 1. The van der Waals surface area contributed by atoms with E-state index in [-0.39, 0.29) is 11.6 Å². The van der Waals surface area contributed by atoms with Gasteiger partial charge in [-0.3, -0.25) is 4.79 Å². The molecule has 0 spiro atoms. The Balaban J connectivity index is 1.28. The number of nitrogens with zero attached hydrogens (tertiary/aromatic N) is 2. The number of hydrogen-bond acceptors (Lipinski definition) is 6. The normalized spacial score (nSPS) is 16.2. The molecule has 0 amide bonds. The van der Waals surface area contributed by atoms with Crippen LogP contribution in [-0.4, -0.2) is 48.7 Å². The molecule has 1 fully saturated rings. The van der Waals surface area contributed by atoms with E-state index in [1.165, 1.54) is 19.1 Å². The molecular formula is C25H29FN2O4. The molecule has 170 valence electrons. The monoisotopic (exact) mass is 440 g/mol. The molecule has 1 atom stereocenters. The minimum Gasteiger partial charge on any atom is -0.493 e. The first kappa shape index (κ1) is 22.3. The van der Waals surface area contributed by atoms with Gasteiger partial charge < -0.3 is 18.9 Å². The number of benzene rings is 2. The molecule has 2 heterocycles. The molecule has 1 aliphatic rings. The van der Waals surface area contributed by atoms with Gasteiger partial charge in [0.05, 0.1) is 19.4 Å². The Morgan fingerprint density at radius 1 is 1.22 bits per heavy atom. The SMILES string of the molecule is COc1cc(C(C)=O)ccc1OCCC(C)N1CCC(c2noc3cc(F)ccc23)CC1. The third-order valence-electron chi connectivity index (χ3n) is 6.36. The van der Waals surface area contributed by atoms with Crippen LogP contribution in [0.5, 0.6) is 11.5 Å². The zero-order chi connectivity index (χ0) is 22.7. The van der Waals surface area contributed by atoms with Crippen molar-refractivity contribution >= 4 is 16.8 Å². The first-order valence-corrected chi connectivity index (χ1v) is 11.1. The molecule has 3 aromatic rings. The fourth-order valence-corrected chi connectivity index (χ4v) is 4.37. The highest BCUT2D eigenvalue weighted by Gasteiger charge is 2.27. The van der Waals surface area contributed by atoms with E-state index in [0.29, 0.717) is 41.2 Å². The lowest BCUT2D eigenvalue weighted by Crippen LogP contribution is -2.40. The summed E-state index contributed by atoms with van der Waals surface area (Å²) in [5, 5.41) is 5.15. The second-order valence-corrected chi connectivity index (χ2v) is 8.43. The van der Waals surface area contributed by atoms with E-state index in [2.05, 4.69) is 17.0 Å². The largest absolute Gasteiger partial charge is 0.493 e. The number of fused-ring (bicyclic) bond motifs is 1. The number of carbonyl (C=O) groups is 1. The lowest BCUT2D eigenvalue weighted by atomic mass is 9.91. The van der Waals surface area contributed by atoms with E-state index in [1.807, 2.05) is 0 Å². The Morgan fingerprint density at radius 2 is 2.00 bits per heavy atom. The molecule has 0 N–H and O–H groups in total. The van der Waals surface area contributed by atoms with Crippen LogP contribution >= 0.6 is 0 Å². The molecular weight excluding hydrogens is 411 g/mol. The fourth-order valence-electron chi connectivity index (χ4n) is 4.37. The summed E-state index contributed by atoms with van der Waals surface area (Å²) >= 11 is 0. The standard InChI is InChI=1S/C25H29FN2O4/c1-16(10-13-31-22-7-4-19(17(2)29)14-24(22)30-3)28-11-8-18(9-12-28)25-21-6-5-20(26)15-23(21)32-27-25/h4-7,14-16,18H,8-13H2,1-3H3. The number of halogens is 1. The topological polar surface area (TPSA) is 64.8 Å². The fraction of sp³-hybridized carbons (Fsp3) is 0.440. The second-order valence-electron chi connectivity index (χ2n) is 8.43. The van der Waals surface area contributed by atoms with E-state index in [4.69, 9.17) is 14.0 Å². The number of likely N-dealkylation sites (tertiary alicyclic amines) is 1. The molecule has 32 heavy (non-hydrogen) atoms. The Hall–Kier alpha value is -2.93. The molecule has 1 saturated heterocycles. The smallest absolute Gasteiger partial charge is 0.170 e. The van der Waals surface area contributed by atoms with Gasteiger partial charge in [-0.25, -0.2) is 4.39 Å². The Labute approximate surface area is 187 Å².